The number of nitrogens with zero attached hydrogens (tertiary/aromatic N) is 1. The fourth-order valence-electron chi connectivity index (χ4n) is 2.90. The molecule has 1 heteroatoms. The second kappa shape index (κ2) is 5.02. The van der Waals surface area contributed by atoms with E-state index in [4.69, 9.17) is 4.99 Å². The molecule has 0 saturated carbocycles. The molecule has 4 rings (SSSR count). The molecule has 2 aromatic carbocycles. The van der Waals surface area contributed by atoms with Crippen molar-refractivity contribution in [2.75, 3.05) is 0 Å². The standard InChI is InChI=1S/C20H15N/c1-3-9-15(10-4-1)19-17-13-7-8-14-18(17)21-20(19)16-11-5-2-6-12-16/h1-13H,14H2. The topological polar surface area (TPSA) is 12.4 Å². The Morgan fingerprint density at radius 1 is 0.762 bits per heavy atom. The Morgan fingerprint density at radius 2 is 1.43 bits per heavy atom. The lowest BCUT2D eigenvalue weighted by Crippen LogP contribution is -2.01. The van der Waals surface area contributed by atoms with Gasteiger partial charge in [-0.05, 0) is 5.56 Å². The zero-order chi connectivity index (χ0) is 14.1. The summed E-state index contributed by atoms with van der Waals surface area (Å²) in [5.74, 6) is 0. The molecule has 0 radical (unpaired) electrons. The summed E-state index contributed by atoms with van der Waals surface area (Å²) >= 11 is 0. The average molecular weight is 269 g/mol. The number of hydrogen-bond acceptors (Lipinski definition) is 1. The van der Waals surface area contributed by atoms with Crippen LogP contribution in [0.4, 0.5) is 0 Å². The third-order valence-electron chi connectivity index (χ3n) is 3.88. The monoisotopic (exact) mass is 269 g/mol. The molecular weight excluding hydrogens is 254 g/mol. The van der Waals surface area contributed by atoms with Crippen molar-refractivity contribution in [1.29, 1.82) is 0 Å². The Labute approximate surface area is 124 Å². The molecule has 0 spiro atoms. The van der Waals surface area contributed by atoms with E-state index >= 15 is 0 Å². The fraction of sp³-hybridized carbons (Fsp3) is 0.0500. The van der Waals surface area contributed by atoms with E-state index in [1.807, 2.05) is 6.07 Å². The molecule has 0 N–H and O–H groups in total. The molecule has 0 bridgehead atoms. The Bertz CT molecular complexity index is 790. The molecule has 0 fully saturated rings. The normalized spacial score (nSPS) is 16.6. The molecule has 0 aromatic heterocycles. The minimum atomic E-state index is 0.915. The van der Waals surface area contributed by atoms with Crippen LogP contribution in [-0.4, -0.2) is 5.71 Å². The lowest BCUT2D eigenvalue weighted by Gasteiger charge is -2.11. The zero-order valence-corrected chi connectivity index (χ0v) is 11.7. The average Bonchev–Trinajstić information content (AvgIpc) is 2.96. The van der Waals surface area contributed by atoms with Gasteiger partial charge in [0.25, 0.3) is 0 Å². The van der Waals surface area contributed by atoms with Crippen molar-refractivity contribution in [2.45, 2.75) is 6.42 Å². The van der Waals surface area contributed by atoms with Crippen molar-refractivity contribution in [3.63, 3.8) is 0 Å². The molecule has 0 amide bonds. The van der Waals surface area contributed by atoms with Crippen LogP contribution in [0.1, 0.15) is 17.5 Å². The summed E-state index contributed by atoms with van der Waals surface area (Å²) < 4.78 is 0. The molecule has 1 heterocycles. The molecule has 1 aliphatic heterocycles. The first-order valence-electron chi connectivity index (χ1n) is 7.24. The summed E-state index contributed by atoms with van der Waals surface area (Å²) in [5, 5.41) is 0. The lowest BCUT2D eigenvalue weighted by atomic mass is 9.90. The van der Waals surface area contributed by atoms with Crippen molar-refractivity contribution in [3.8, 4) is 0 Å². The molecular formula is C20H15N. The van der Waals surface area contributed by atoms with E-state index in [0.29, 0.717) is 0 Å². The van der Waals surface area contributed by atoms with E-state index in [-0.39, 0.29) is 0 Å². The molecule has 2 aromatic rings. The van der Waals surface area contributed by atoms with Gasteiger partial charge in [0.2, 0.25) is 0 Å². The highest BCUT2D eigenvalue weighted by atomic mass is 14.8. The number of rotatable bonds is 2. The number of hydrogen-bond donors (Lipinski definition) is 0. The molecule has 21 heavy (non-hydrogen) atoms. The SMILES string of the molecule is C1=CCC2=NC(c3ccccc3)=C(c3ccccc3)C2=C1. The molecule has 1 aliphatic carbocycles. The van der Waals surface area contributed by atoms with E-state index in [9.17, 15) is 0 Å². The number of allylic oxidation sites excluding steroid dienone is 5. The van der Waals surface area contributed by atoms with Crippen LogP contribution in [0.5, 0.6) is 0 Å². The first-order valence-corrected chi connectivity index (χ1v) is 7.24. The second-order valence-electron chi connectivity index (χ2n) is 5.23. The molecule has 0 atom stereocenters. The van der Waals surface area contributed by atoms with E-state index < -0.39 is 0 Å². The van der Waals surface area contributed by atoms with E-state index in [2.05, 4.69) is 72.8 Å². The van der Waals surface area contributed by atoms with E-state index in [1.54, 1.807) is 0 Å². The van der Waals surface area contributed by atoms with Crippen LogP contribution in [0.25, 0.3) is 11.3 Å². The van der Waals surface area contributed by atoms with Crippen LogP contribution >= 0.6 is 0 Å². The third kappa shape index (κ3) is 2.07. The minimum Gasteiger partial charge on any atom is -0.251 e. The van der Waals surface area contributed by atoms with Gasteiger partial charge in [-0.3, -0.25) is 4.99 Å². The van der Waals surface area contributed by atoms with E-state index in [0.717, 1.165) is 12.1 Å². The van der Waals surface area contributed by atoms with E-state index in [1.165, 1.54) is 28.0 Å². The van der Waals surface area contributed by atoms with Gasteiger partial charge in [0.1, 0.15) is 0 Å². The van der Waals surface area contributed by atoms with Gasteiger partial charge in [-0.15, -0.1) is 0 Å². The first-order chi connectivity index (χ1) is 10.4. The predicted octanol–water partition coefficient (Wildman–Crippen LogP) is 4.90. The van der Waals surface area contributed by atoms with Gasteiger partial charge in [0, 0.05) is 23.1 Å². The molecule has 1 nitrogen and oxygen atoms in total. The maximum Gasteiger partial charge on any atom is 0.0790 e. The van der Waals surface area contributed by atoms with Gasteiger partial charge in [0.15, 0.2) is 0 Å². The quantitative estimate of drug-likeness (QED) is 0.735. The largest absolute Gasteiger partial charge is 0.251 e. The molecule has 0 unspecified atom stereocenters. The first kappa shape index (κ1) is 12.1. The van der Waals surface area contributed by atoms with Crippen LogP contribution in [0, 0.1) is 0 Å². The van der Waals surface area contributed by atoms with Gasteiger partial charge in [-0.1, -0.05) is 78.9 Å². The maximum absolute atomic E-state index is 4.91. The summed E-state index contributed by atoms with van der Waals surface area (Å²) in [7, 11) is 0. The van der Waals surface area contributed by atoms with Crippen LogP contribution in [0.2, 0.25) is 0 Å². The highest BCUT2D eigenvalue weighted by Gasteiger charge is 2.25. The van der Waals surface area contributed by atoms with Gasteiger partial charge in [-0.2, -0.15) is 0 Å². The van der Waals surface area contributed by atoms with Crippen molar-refractivity contribution in [1.82, 2.24) is 0 Å². The van der Waals surface area contributed by atoms with Crippen LogP contribution in [0.3, 0.4) is 0 Å². The second-order valence-corrected chi connectivity index (χ2v) is 5.23. The maximum atomic E-state index is 4.91. The smallest absolute Gasteiger partial charge is 0.0790 e. The Balaban J connectivity index is 1.96. The van der Waals surface area contributed by atoms with Crippen LogP contribution in [-0.2, 0) is 0 Å². The molecule has 2 aliphatic rings. The lowest BCUT2D eigenvalue weighted by molar-refractivity contribution is 1.41. The summed E-state index contributed by atoms with van der Waals surface area (Å²) in [5.41, 5.74) is 7.20. The predicted molar refractivity (Wildman–Crippen MR) is 89.0 cm³/mol. The summed E-state index contributed by atoms with van der Waals surface area (Å²) in [4.78, 5) is 4.91. The van der Waals surface area contributed by atoms with Crippen molar-refractivity contribution < 1.29 is 0 Å². The molecule has 0 saturated heterocycles. The van der Waals surface area contributed by atoms with Gasteiger partial charge >= 0.3 is 0 Å². The van der Waals surface area contributed by atoms with Crippen molar-refractivity contribution >= 4 is 17.0 Å². The third-order valence-corrected chi connectivity index (χ3v) is 3.88. The number of fused-ring (bicyclic) bond motifs is 1. The zero-order valence-electron chi connectivity index (χ0n) is 11.7. The number of benzene rings is 2. The highest BCUT2D eigenvalue weighted by molar-refractivity contribution is 6.25. The Kier molecular flexibility index (Phi) is 2.89. The molecule has 100 valence electrons. The van der Waals surface area contributed by atoms with Crippen LogP contribution < -0.4 is 0 Å². The van der Waals surface area contributed by atoms with Gasteiger partial charge in [-0.25, -0.2) is 0 Å². The summed E-state index contributed by atoms with van der Waals surface area (Å²) in [6.07, 6.45) is 7.39. The van der Waals surface area contributed by atoms with Crippen LogP contribution in [0.15, 0.2) is 89.5 Å². The van der Waals surface area contributed by atoms with Gasteiger partial charge < -0.3 is 0 Å². The Morgan fingerprint density at radius 3 is 2.14 bits per heavy atom. The summed E-state index contributed by atoms with van der Waals surface area (Å²) in [6.45, 7) is 0. The van der Waals surface area contributed by atoms with Crippen molar-refractivity contribution in [2.24, 2.45) is 4.99 Å². The number of aliphatic imine (C=N–C) groups is 1. The summed E-state index contributed by atoms with van der Waals surface area (Å²) in [6, 6.07) is 21.0. The minimum absolute atomic E-state index is 0.915. The van der Waals surface area contributed by atoms with Gasteiger partial charge in [0.05, 0.1) is 11.4 Å². The Hall–Kier alpha value is -2.67. The highest BCUT2D eigenvalue weighted by Crippen LogP contribution is 2.40. The van der Waals surface area contributed by atoms with Crippen molar-refractivity contribution in [3.05, 3.63) is 95.6 Å². The fourth-order valence-corrected chi connectivity index (χ4v) is 2.90.